The van der Waals surface area contributed by atoms with Crippen molar-refractivity contribution in [2.75, 3.05) is 25.7 Å². The summed E-state index contributed by atoms with van der Waals surface area (Å²) in [5.41, 5.74) is 1.77. The number of ether oxygens (including phenoxy) is 2. The van der Waals surface area contributed by atoms with Gasteiger partial charge in [-0.3, -0.25) is 4.79 Å². The minimum absolute atomic E-state index is 0.0281. The first-order valence-corrected chi connectivity index (χ1v) is 13.7. The third-order valence-corrected chi connectivity index (χ3v) is 7.28. The number of amides is 1. The summed E-state index contributed by atoms with van der Waals surface area (Å²) in [6.07, 6.45) is 8.46. The van der Waals surface area contributed by atoms with Crippen LogP contribution >= 0.6 is 22.9 Å². The molecule has 204 valence electrons. The molecule has 5 rings (SSSR count). The number of rotatable bonds is 9. The summed E-state index contributed by atoms with van der Waals surface area (Å²) >= 11 is 7.27. The Morgan fingerprint density at radius 1 is 1.18 bits per heavy atom. The Labute approximate surface area is 232 Å². The highest BCUT2D eigenvalue weighted by Gasteiger charge is 2.32. The molecule has 1 aromatic carbocycles. The van der Waals surface area contributed by atoms with Crippen molar-refractivity contribution in [3.63, 3.8) is 0 Å². The highest BCUT2D eigenvalue weighted by Crippen LogP contribution is 2.40. The molecule has 2 aliphatic rings. The maximum absolute atomic E-state index is 13.0. The molecular formula is C28H34ClN3O5S. The summed E-state index contributed by atoms with van der Waals surface area (Å²) in [7, 11) is 2.62. The van der Waals surface area contributed by atoms with Gasteiger partial charge in [-0.15, -0.1) is 11.3 Å². The Kier molecular flexibility index (Phi) is 11.1. The first-order valence-electron chi connectivity index (χ1n) is 12.5. The molecule has 1 aliphatic heterocycles. The summed E-state index contributed by atoms with van der Waals surface area (Å²) in [6, 6.07) is 7.64. The first-order chi connectivity index (χ1) is 18.4. The van der Waals surface area contributed by atoms with Crippen molar-refractivity contribution in [3.8, 4) is 22.2 Å². The van der Waals surface area contributed by atoms with Crippen molar-refractivity contribution in [3.05, 3.63) is 52.1 Å². The van der Waals surface area contributed by atoms with E-state index >= 15 is 0 Å². The number of aliphatic hydroxyl groups is 1. The standard InChI is InChI=1S/C22H20ClN3O3S.C5H10O.CH4O/c1-28-18-9-16(4-5-17(18)29-7-6-13-2-3-13)26-12-14-8-19(30-20(14)22(26)27)21-24-10-15(23)11-25-21;1-5(2)3-4-6;1-2/h4-5,8-11,13H,2-3,6-7,12H2,1H3;4-5H,3H2,1-2H3;2H,1H3. The van der Waals surface area contributed by atoms with Crippen molar-refractivity contribution in [1.29, 1.82) is 0 Å². The van der Waals surface area contributed by atoms with Gasteiger partial charge >= 0.3 is 0 Å². The van der Waals surface area contributed by atoms with Crippen LogP contribution < -0.4 is 14.4 Å². The summed E-state index contributed by atoms with van der Waals surface area (Å²) < 4.78 is 11.4. The van der Waals surface area contributed by atoms with E-state index < -0.39 is 0 Å². The van der Waals surface area contributed by atoms with Gasteiger partial charge in [0.15, 0.2) is 17.3 Å². The fraction of sp³-hybridized carbons (Fsp3) is 0.429. The fourth-order valence-corrected chi connectivity index (χ4v) is 4.90. The van der Waals surface area contributed by atoms with Crippen LogP contribution in [0.4, 0.5) is 5.69 Å². The van der Waals surface area contributed by atoms with E-state index in [1.807, 2.05) is 38.1 Å². The third-order valence-electron chi connectivity index (χ3n) is 5.92. The van der Waals surface area contributed by atoms with E-state index in [4.69, 9.17) is 26.2 Å². The average Bonchev–Trinajstić information content (AvgIpc) is 3.57. The number of methoxy groups -OCH3 is 1. The number of hydrogen-bond acceptors (Lipinski definition) is 8. The molecule has 3 aromatic rings. The zero-order valence-corrected chi connectivity index (χ0v) is 23.7. The Balaban J connectivity index is 0.000000443. The van der Waals surface area contributed by atoms with E-state index in [1.165, 1.54) is 24.2 Å². The molecular weight excluding hydrogens is 526 g/mol. The van der Waals surface area contributed by atoms with Gasteiger partial charge < -0.3 is 24.3 Å². The van der Waals surface area contributed by atoms with Gasteiger partial charge in [0, 0.05) is 37.7 Å². The topological polar surface area (TPSA) is 102 Å². The van der Waals surface area contributed by atoms with Crippen LogP contribution in [-0.4, -0.2) is 48.1 Å². The minimum atomic E-state index is -0.0281. The second-order valence-corrected chi connectivity index (χ2v) is 10.8. The molecule has 2 aromatic heterocycles. The first kappa shape index (κ1) is 29.5. The van der Waals surface area contributed by atoms with E-state index in [0.29, 0.717) is 52.7 Å². The van der Waals surface area contributed by atoms with E-state index in [-0.39, 0.29) is 5.91 Å². The van der Waals surface area contributed by atoms with Crippen LogP contribution in [0.2, 0.25) is 5.02 Å². The highest BCUT2D eigenvalue weighted by molar-refractivity contribution is 7.17. The number of aliphatic hydroxyl groups excluding tert-OH is 1. The lowest BCUT2D eigenvalue weighted by molar-refractivity contribution is -0.108. The zero-order valence-electron chi connectivity index (χ0n) is 22.1. The molecule has 1 fully saturated rings. The largest absolute Gasteiger partial charge is 0.493 e. The van der Waals surface area contributed by atoms with Crippen LogP contribution in [0.3, 0.4) is 0 Å². The van der Waals surface area contributed by atoms with Crippen LogP contribution in [-0.2, 0) is 11.3 Å². The van der Waals surface area contributed by atoms with Crippen LogP contribution in [0.5, 0.6) is 11.5 Å². The van der Waals surface area contributed by atoms with E-state index in [1.54, 1.807) is 24.4 Å². The van der Waals surface area contributed by atoms with Crippen LogP contribution in [0.15, 0.2) is 36.7 Å². The highest BCUT2D eigenvalue weighted by atomic mass is 35.5. The molecule has 1 amide bonds. The number of carbonyl (C=O) groups is 2. The number of hydrogen-bond donors (Lipinski definition) is 1. The molecule has 0 atom stereocenters. The van der Waals surface area contributed by atoms with Crippen molar-refractivity contribution in [2.45, 2.75) is 46.1 Å². The van der Waals surface area contributed by atoms with Crippen LogP contribution in [0.1, 0.15) is 54.8 Å². The number of aldehydes is 1. The smallest absolute Gasteiger partial charge is 0.269 e. The summed E-state index contributed by atoms with van der Waals surface area (Å²) in [5, 5.41) is 7.49. The van der Waals surface area contributed by atoms with Gasteiger partial charge in [0.25, 0.3) is 5.91 Å². The number of fused-ring (bicyclic) bond motifs is 1. The number of benzene rings is 1. The maximum Gasteiger partial charge on any atom is 0.269 e. The zero-order chi connectivity index (χ0) is 27.7. The quantitative estimate of drug-likeness (QED) is 0.318. The van der Waals surface area contributed by atoms with Gasteiger partial charge in [0.1, 0.15) is 6.29 Å². The van der Waals surface area contributed by atoms with E-state index in [2.05, 4.69) is 9.97 Å². The molecule has 8 nitrogen and oxygen atoms in total. The molecule has 38 heavy (non-hydrogen) atoms. The molecule has 10 heteroatoms. The molecule has 0 bridgehead atoms. The molecule has 1 N–H and O–H groups in total. The van der Waals surface area contributed by atoms with Gasteiger partial charge in [-0.05, 0) is 42.0 Å². The van der Waals surface area contributed by atoms with Crippen molar-refractivity contribution in [2.24, 2.45) is 11.8 Å². The molecule has 0 radical (unpaired) electrons. The van der Waals surface area contributed by atoms with Crippen LogP contribution in [0.25, 0.3) is 10.7 Å². The van der Waals surface area contributed by atoms with Crippen molar-refractivity contribution in [1.82, 2.24) is 9.97 Å². The molecule has 1 aliphatic carbocycles. The second-order valence-electron chi connectivity index (χ2n) is 9.29. The van der Waals surface area contributed by atoms with Gasteiger partial charge in [-0.25, -0.2) is 9.97 Å². The SMILES string of the molecule is CC(C)CC=O.CO.COc1cc(N2Cc3cc(-c4ncc(Cl)cn4)sc3C2=O)ccc1OCCC1CC1. The summed E-state index contributed by atoms with van der Waals surface area (Å²) in [6.45, 7) is 5.24. The molecule has 3 heterocycles. The van der Waals surface area contributed by atoms with Gasteiger partial charge in [-0.2, -0.15) is 0 Å². The second kappa shape index (κ2) is 14.2. The van der Waals surface area contributed by atoms with Crippen molar-refractivity contribution >= 4 is 40.8 Å². The summed E-state index contributed by atoms with van der Waals surface area (Å²) in [5.74, 6) is 3.25. The minimum Gasteiger partial charge on any atom is -0.493 e. The number of aromatic nitrogens is 2. The number of carbonyl (C=O) groups excluding carboxylic acids is 2. The number of halogens is 1. The molecule has 0 saturated heterocycles. The predicted octanol–water partition coefficient (Wildman–Crippen LogP) is 6.05. The van der Waals surface area contributed by atoms with Crippen molar-refractivity contribution < 1.29 is 24.2 Å². The molecule has 0 unspecified atom stereocenters. The van der Waals surface area contributed by atoms with Gasteiger partial charge in [0.2, 0.25) is 0 Å². The van der Waals surface area contributed by atoms with E-state index in [9.17, 15) is 9.59 Å². The monoisotopic (exact) mass is 559 g/mol. The number of nitrogens with zero attached hydrogens (tertiary/aromatic N) is 3. The third kappa shape index (κ3) is 7.75. The lowest BCUT2D eigenvalue weighted by atomic mass is 10.2. The van der Waals surface area contributed by atoms with Gasteiger partial charge in [0.05, 0.1) is 35.0 Å². The molecule has 1 saturated carbocycles. The Hall–Kier alpha value is -3.01. The van der Waals surface area contributed by atoms with E-state index in [0.717, 1.165) is 41.9 Å². The lowest BCUT2D eigenvalue weighted by Crippen LogP contribution is -2.23. The average molecular weight is 560 g/mol. The Morgan fingerprint density at radius 2 is 1.89 bits per heavy atom. The van der Waals surface area contributed by atoms with Gasteiger partial charge in [-0.1, -0.05) is 38.3 Å². The molecule has 0 spiro atoms. The Morgan fingerprint density at radius 3 is 2.45 bits per heavy atom. The number of thiophene rings is 1. The fourth-order valence-electron chi connectivity index (χ4n) is 3.73. The Bertz CT molecular complexity index is 1210. The maximum atomic E-state index is 13.0. The number of anilines is 1. The summed E-state index contributed by atoms with van der Waals surface area (Å²) in [4.78, 5) is 34.5. The predicted molar refractivity (Wildman–Crippen MR) is 150 cm³/mol. The lowest BCUT2D eigenvalue weighted by Gasteiger charge is -2.18. The normalized spacial score (nSPS) is 13.8. The van der Waals surface area contributed by atoms with Crippen LogP contribution in [0, 0.1) is 11.8 Å².